The minimum atomic E-state index is -3.66. The largest absolute Gasteiger partial charge is 0.507 e. The fourth-order valence-corrected chi connectivity index (χ4v) is 4.49. The first-order chi connectivity index (χ1) is 15.6. The lowest BCUT2D eigenvalue weighted by molar-refractivity contribution is -0.140. The molecular formula is C23H26N2O7S. The molecule has 1 fully saturated rings. The number of carbonyl (C=O) groups excluding carboxylic acids is 2. The number of Topliss-reactive ketones (excluding diaryl/α,β-unsaturated/α-hetero) is 1. The van der Waals surface area contributed by atoms with Gasteiger partial charge in [-0.15, -0.1) is 0 Å². The van der Waals surface area contributed by atoms with E-state index in [1.165, 1.54) is 57.5 Å². The van der Waals surface area contributed by atoms with E-state index in [9.17, 15) is 23.1 Å². The number of ether oxygens (including phenoxy) is 2. The van der Waals surface area contributed by atoms with Crippen molar-refractivity contribution in [2.45, 2.75) is 10.9 Å². The van der Waals surface area contributed by atoms with Crippen LogP contribution in [-0.2, 0) is 24.3 Å². The molecule has 0 saturated carbocycles. The second-order valence-corrected chi connectivity index (χ2v) is 9.72. The second-order valence-electron chi connectivity index (χ2n) is 7.57. The highest BCUT2D eigenvalue weighted by atomic mass is 32.2. The number of ketones is 1. The number of hydrogen-bond donors (Lipinski definition) is 1. The molecule has 0 aromatic heterocycles. The molecule has 1 saturated heterocycles. The average molecular weight is 475 g/mol. The lowest BCUT2D eigenvalue weighted by Crippen LogP contribution is -2.32. The lowest BCUT2D eigenvalue weighted by atomic mass is 9.95. The van der Waals surface area contributed by atoms with E-state index in [1.54, 1.807) is 24.3 Å². The minimum Gasteiger partial charge on any atom is -0.507 e. The summed E-state index contributed by atoms with van der Waals surface area (Å²) in [6.45, 7) is 0.353. The van der Waals surface area contributed by atoms with Crippen molar-refractivity contribution in [2.24, 2.45) is 0 Å². The predicted octanol–water partition coefficient (Wildman–Crippen LogP) is 2.01. The zero-order valence-electron chi connectivity index (χ0n) is 18.8. The summed E-state index contributed by atoms with van der Waals surface area (Å²) < 4.78 is 36.0. The summed E-state index contributed by atoms with van der Waals surface area (Å²) in [6, 6.07) is 11.5. The van der Waals surface area contributed by atoms with Crippen LogP contribution in [0.1, 0.15) is 17.2 Å². The Morgan fingerprint density at radius 3 is 2.15 bits per heavy atom. The van der Waals surface area contributed by atoms with Gasteiger partial charge in [-0.2, -0.15) is 0 Å². The van der Waals surface area contributed by atoms with Gasteiger partial charge in [0.25, 0.3) is 11.7 Å². The standard InChI is InChI=1S/C23H26N2O7S/c1-24(2)33(29,30)18-11-7-16(8-12-18)21(26)19-20(15-5-9-17(32-4)10-6-15)25(13-14-31-3)23(28)22(19)27/h5-12,20,26H,13-14H2,1-4H3/b21-19+/t20-/m0/s1. The molecule has 176 valence electrons. The first kappa shape index (κ1) is 24.4. The maximum atomic E-state index is 12.9. The smallest absolute Gasteiger partial charge is 0.295 e. The van der Waals surface area contributed by atoms with Crippen LogP contribution < -0.4 is 4.74 Å². The maximum Gasteiger partial charge on any atom is 0.295 e. The van der Waals surface area contributed by atoms with Crippen molar-refractivity contribution < 1.29 is 32.6 Å². The molecule has 2 aromatic carbocycles. The molecule has 9 nitrogen and oxygen atoms in total. The maximum absolute atomic E-state index is 12.9. The molecule has 10 heteroatoms. The number of amides is 1. The normalized spacial score (nSPS) is 18.2. The number of aliphatic hydroxyl groups excluding tert-OH is 1. The number of nitrogens with zero attached hydrogens (tertiary/aromatic N) is 2. The van der Waals surface area contributed by atoms with Crippen molar-refractivity contribution in [1.82, 2.24) is 9.21 Å². The Balaban J connectivity index is 2.11. The molecule has 1 aliphatic heterocycles. The van der Waals surface area contributed by atoms with Crippen LogP contribution in [0.3, 0.4) is 0 Å². The highest BCUT2D eigenvalue weighted by Gasteiger charge is 2.45. The van der Waals surface area contributed by atoms with Gasteiger partial charge >= 0.3 is 0 Å². The van der Waals surface area contributed by atoms with E-state index in [4.69, 9.17) is 9.47 Å². The van der Waals surface area contributed by atoms with E-state index < -0.39 is 27.8 Å². The van der Waals surface area contributed by atoms with E-state index in [0.29, 0.717) is 11.3 Å². The van der Waals surface area contributed by atoms with Crippen LogP contribution >= 0.6 is 0 Å². The molecule has 1 aliphatic rings. The van der Waals surface area contributed by atoms with E-state index in [2.05, 4.69) is 0 Å². The van der Waals surface area contributed by atoms with Gasteiger partial charge in [0.05, 0.1) is 30.2 Å². The Morgan fingerprint density at radius 2 is 1.64 bits per heavy atom. The second kappa shape index (κ2) is 9.74. The number of carbonyl (C=O) groups is 2. The minimum absolute atomic E-state index is 0.0382. The Morgan fingerprint density at radius 1 is 1.03 bits per heavy atom. The Labute approximate surface area is 192 Å². The molecular weight excluding hydrogens is 448 g/mol. The third kappa shape index (κ3) is 4.63. The third-order valence-corrected chi connectivity index (χ3v) is 7.24. The zero-order chi connectivity index (χ0) is 24.3. The van der Waals surface area contributed by atoms with Crippen LogP contribution in [0.5, 0.6) is 5.75 Å². The van der Waals surface area contributed by atoms with Gasteiger partial charge in [0, 0.05) is 33.3 Å². The van der Waals surface area contributed by atoms with Crippen LogP contribution in [0.25, 0.3) is 5.76 Å². The van der Waals surface area contributed by atoms with Gasteiger partial charge in [0.2, 0.25) is 10.0 Å². The molecule has 1 amide bonds. The van der Waals surface area contributed by atoms with E-state index >= 15 is 0 Å². The fraction of sp³-hybridized carbons (Fsp3) is 0.304. The Bertz CT molecular complexity index is 1170. The van der Waals surface area contributed by atoms with Crippen molar-refractivity contribution in [3.8, 4) is 5.75 Å². The first-order valence-electron chi connectivity index (χ1n) is 10.1. The van der Waals surface area contributed by atoms with Crippen LogP contribution in [-0.4, -0.2) is 75.9 Å². The monoisotopic (exact) mass is 474 g/mol. The van der Waals surface area contributed by atoms with Crippen molar-refractivity contribution >= 4 is 27.5 Å². The lowest BCUT2D eigenvalue weighted by Gasteiger charge is -2.25. The zero-order valence-corrected chi connectivity index (χ0v) is 19.6. The number of likely N-dealkylation sites (tertiary alicyclic amines) is 1. The highest BCUT2D eigenvalue weighted by Crippen LogP contribution is 2.39. The number of benzene rings is 2. The quantitative estimate of drug-likeness (QED) is 0.354. The number of hydrogen-bond acceptors (Lipinski definition) is 7. The van der Waals surface area contributed by atoms with E-state index in [1.807, 2.05) is 0 Å². The van der Waals surface area contributed by atoms with Gasteiger partial charge in [-0.3, -0.25) is 9.59 Å². The summed E-state index contributed by atoms with van der Waals surface area (Å²) in [4.78, 5) is 27.1. The van der Waals surface area contributed by atoms with Gasteiger partial charge < -0.3 is 19.5 Å². The van der Waals surface area contributed by atoms with Crippen LogP contribution in [0.15, 0.2) is 59.0 Å². The van der Waals surface area contributed by atoms with Gasteiger partial charge in [0.15, 0.2) is 0 Å². The Hall–Kier alpha value is -3.21. The third-order valence-electron chi connectivity index (χ3n) is 5.41. The first-order valence-corrected chi connectivity index (χ1v) is 11.5. The molecule has 3 rings (SSSR count). The number of methoxy groups -OCH3 is 2. The van der Waals surface area contributed by atoms with E-state index in [0.717, 1.165) is 4.31 Å². The summed E-state index contributed by atoms with van der Waals surface area (Å²) in [6.07, 6.45) is 0. The molecule has 1 heterocycles. The van der Waals surface area contributed by atoms with E-state index in [-0.39, 0.29) is 34.9 Å². The summed E-state index contributed by atoms with van der Waals surface area (Å²) in [5, 5.41) is 11.1. The summed E-state index contributed by atoms with van der Waals surface area (Å²) in [7, 11) is 2.19. The van der Waals surface area contributed by atoms with Crippen LogP contribution in [0, 0.1) is 0 Å². The summed E-state index contributed by atoms with van der Waals surface area (Å²) in [5.74, 6) is -1.36. The molecule has 0 aliphatic carbocycles. The van der Waals surface area contributed by atoms with Crippen molar-refractivity contribution in [3.05, 3.63) is 65.2 Å². The molecule has 1 atom stereocenters. The molecule has 1 N–H and O–H groups in total. The van der Waals surface area contributed by atoms with Crippen molar-refractivity contribution in [2.75, 3.05) is 41.5 Å². The van der Waals surface area contributed by atoms with Crippen molar-refractivity contribution in [3.63, 3.8) is 0 Å². The van der Waals surface area contributed by atoms with Crippen LogP contribution in [0.2, 0.25) is 0 Å². The summed E-state index contributed by atoms with van der Waals surface area (Å²) >= 11 is 0. The predicted molar refractivity (Wildman–Crippen MR) is 121 cm³/mol. The number of sulfonamides is 1. The Kier molecular flexibility index (Phi) is 7.21. The SMILES string of the molecule is COCCN1C(=O)C(=O)/C(=C(/O)c2ccc(S(=O)(=O)N(C)C)cc2)[C@@H]1c1ccc(OC)cc1. The van der Waals surface area contributed by atoms with Crippen molar-refractivity contribution in [1.29, 1.82) is 0 Å². The molecule has 0 radical (unpaired) electrons. The van der Waals surface area contributed by atoms with Gasteiger partial charge in [0.1, 0.15) is 11.5 Å². The highest BCUT2D eigenvalue weighted by molar-refractivity contribution is 7.89. The average Bonchev–Trinajstić information content (AvgIpc) is 3.07. The number of rotatable bonds is 8. The fourth-order valence-electron chi connectivity index (χ4n) is 3.58. The number of aliphatic hydroxyl groups is 1. The van der Waals surface area contributed by atoms with Gasteiger partial charge in [-0.1, -0.05) is 12.1 Å². The molecule has 0 unspecified atom stereocenters. The molecule has 0 spiro atoms. The van der Waals surface area contributed by atoms with Gasteiger partial charge in [-0.25, -0.2) is 12.7 Å². The van der Waals surface area contributed by atoms with Gasteiger partial charge in [-0.05, 0) is 42.0 Å². The summed E-state index contributed by atoms with van der Waals surface area (Å²) in [5.41, 5.74) is 0.750. The molecule has 2 aromatic rings. The van der Waals surface area contributed by atoms with Crippen LogP contribution in [0.4, 0.5) is 0 Å². The molecule has 0 bridgehead atoms. The molecule has 33 heavy (non-hydrogen) atoms. The topological polar surface area (TPSA) is 113 Å².